The maximum Gasteiger partial charge on any atom is 0.252 e. The Kier molecular flexibility index (Phi) is 4.47. The number of hydrogen-bond acceptors (Lipinski definition) is 6. The van der Waals surface area contributed by atoms with Crippen molar-refractivity contribution < 1.29 is 9.26 Å². The van der Waals surface area contributed by atoms with Gasteiger partial charge in [0.2, 0.25) is 0 Å². The zero-order valence-electron chi connectivity index (χ0n) is 10.5. The zero-order valence-corrected chi connectivity index (χ0v) is 10.5. The van der Waals surface area contributed by atoms with Gasteiger partial charge in [0.1, 0.15) is 6.61 Å². The lowest BCUT2D eigenvalue weighted by atomic mass is 10.1. The molecule has 1 aliphatic heterocycles. The summed E-state index contributed by atoms with van der Waals surface area (Å²) in [5.74, 6) is 1.28. The first-order valence-corrected chi connectivity index (χ1v) is 6.02. The summed E-state index contributed by atoms with van der Waals surface area (Å²) >= 11 is 0. The van der Waals surface area contributed by atoms with Crippen molar-refractivity contribution in [2.45, 2.75) is 32.1 Å². The molecule has 0 saturated carbocycles. The van der Waals surface area contributed by atoms with Crippen molar-refractivity contribution in [2.24, 2.45) is 0 Å². The van der Waals surface area contributed by atoms with E-state index < -0.39 is 0 Å². The molecule has 6 heteroatoms. The maximum absolute atomic E-state index is 5.74. The van der Waals surface area contributed by atoms with Crippen molar-refractivity contribution in [3.8, 4) is 0 Å². The normalized spacial score (nSPS) is 17.8. The van der Waals surface area contributed by atoms with E-state index in [0.29, 0.717) is 31.0 Å². The van der Waals surface area contributed by atoms with Crippen molar-refractivity contribution in [2.75, 3.05) is 27.2 Å². The van der Waals surface area contributed by atoms with Crippen LogP contribution in [-0.2, 0) is 17.9 Å². The lowest BCUT2D eigenvalue weighted by molar-refractivity contribution is 0.00859. The SMILES string of the molecule is CN(C)Cc1noc(COC2CCNCC2)n1. The Labute approximate surface area is 101 Å². The van der Waals surface area contributed by atoms with E-state index in [4.69, 9.17) is 9.26 Å². The second-order valence-electron chi connectivity index (χ2n) is 4.60. The number of aromatic nitrogens is 2. The fourth-order valence-electron chi connectivity index (χ4n) is 1.85. The molecule has 0 unspecified atom stereocenters. The molecule has 2 heterocycles. The zero-order chi connectivity index (χ0) is 12.1. The molecule has 0 atom stereocenters. The van der Waals surface area contributed by atoms with Crippen LogP contribution in [-0.4, -0.2) is 48.3 Å². The molecule has 2 rings (SSSR count). The van der Waals surface area contributed by atoms with Crippen molar-refractivity contribution in [3.05, 3.63) is 11.7 Å². The molecule has 1 saturated heterocycles. The summed E-state index contributed by atoms with van der Waals surface area (Å²) < 4.78 is 10.9. The van der Waals surface area contributed by atoms with Crippen LogP contribution in [0.15, 0.2) is 4.52 Å². The van der Waals surface area contributed by atoms with Gasteiger partial charge in [0.05, 0.1) is 12.6 Å². The predicted molar refractivity (Wildman–Crippen MR) is 62.4 cm³/mol. The summed E-state index contributed by atoms with van der Waals surface area (Å²) in [6.45, 7) is 3.17. The molecule has 1 fully saturated rings. The van der Waals surface area contributed by atoms with Gasteiger partial charge in [0.15, 0.2) is 5.82 Å². The van der Waals surface area contributed by atoms with E-state index >= 15 is 0 Å². The van der Waals surface area contributed by atoms with Gasteiger partial charge in [0, 0.05) is 0 Å². The average molecular weight is 240 g/mol. The van der Waals surface area contributed by atoms with Gasteiger partial charge in [-0.2, -0.15) is 4.98 Å². The Balaban J connectivity index is 1.76. The summed E-state index contributed by atoms with van der Waals surface area (Å²) in [5, 5.41) is 7.20. The standard InChI is InChI=1S/C11H20N4O2/c1-15(2)7-10-13-11(17-14-10)8-16-9-3-5-12-6-4-9/h9,12H,3-8H2,1-2H3. The highest BCUT2D eigenvalue weighted by Gasteiger charge is 2.15. The second kappa shape index (κ2) is 6.09. The Morgan fingerprint density at radius 2 is 2.18 bits per heavy atom. The molecule has 17 heavy (non-hydrogen) atoms. The van der Waals surface area contributed by atoms with E-state index in [0.717, 1.165) is 25.9 Å². The molecular weight excluding hydrogens is 220 g/mol. The predicted octanol–water partition coefficient (Wildman–Crippen LogP) is 0.400. The van der Waals surface area contributed by atoms with Crippen LogP contribution in [0.3, 0.4) is 0 Å². The van der Waals surface area contributed by atoms with Crippen molar-refractivity contribution >= 4 is 0 Å². The number of rotatable bonds is 5. The first kappa shape index (κ1) is 12.5. The highest BCUT2D eigenvalue weighted by atomic mass is 16.5. The Hall–Kier alpha value is -0.980. The summed E-state index contributed by atoms with van der Waals surface area (Å²) in [7, 11) is 3.95. The minimum absolute atomic E-state index is 0.320. The topological polar surface area (TPSA) is 63.4 Å². The minimum Gasteiger partial charge on any atom is -0.368 e. The van der Waals surface area contributed by atoms with Gasteiger partial charge in [-0.05, 0) is 40.0 Å². The molecule has 0 spiro atoms. The molecule has 6 nitrogen and oxygen atoms in total. The minimum atomic E-state index is 0.320. The molecule has 1 aromatic rings. The number of hydrogen-bond donors (Lipinski definition) is 1. The molecule has 96 valence electrons. The summed E-state index contributed by atoms with van der Waals surface area (Å²) in [5.41, 5.74) is 0. The average Bonchev–Trinajstić information content (AvgIpc) is 2.75. The van der Waals surface area contributed by atoms with Crippen LogP contribution in [0.1, 0.15) is 24.6 Å². The molecule has 0 radical (unpaired) electrons. The molecule has 0 bridgehead atoms. The smallest absolute Gasteiger partial charge is 0.252 e. The molecule has 0 aromatic carbocycles. The number of ether oxygens (including phenoxy) is 1. The third kappa shape index (κ3) is 4.07. The Morgan fingerprint density at radius 3 is 2.88 bits per heavy atom. The molecule has 1 aromatic heterocycles. The third-order valence-electron chi connectivity index (χ3n) is 2.70. The van der Waals surface area contributed by atoms with Crippen LogP contribution in [0, 0.1) is 0 Å². The Morgan fingerprint density at radius 1 is 1.41 bits per heavy atom. The summed E-state index contributed by atoms with van der Waals surface area (Å²) in [6, 6.07) is 0. The van der Waals surface area contributed by atoms with Gasteiger partial charge in [-0.1, -0.05) is 5.16 Å². The number of nitrogens with one attached hydrogen (secondary N) is 1. The highest BCUT2D eigenvalue weighted by Crippen LogP contribution is 2.10. The fraction of sp³-hybridized carbons (Fsp3) is 0.818. The van der Waals surface area contributed by atoms with Gasteiger partial charge in [-0.25, -0.2) is 0 Å². The van der Waals surface area contributed by atoms with Crippen molar-refractivity contribution in [1.29, 1.82) is 0 Å². The van der Waals surface area contributed by atoms with E-state index in [1.807, 2.05) is 19.0 Å². The first-order chi connectivity index (χ1) is 8.24. The molecular formula is C11H20N4O2. The summed E-state index contributed by atoms with van der Waals surface area (Å²) in [4.78, 5) is 6.28. The second-order valence-corrected chi connectivity index (χ2v) is 4.60. The van der Waals surface area contributed by atoms with Gasteiger partial charge in [0.25, 0.3) is 5.89 Å². The van der Waals surface area contributed by atoms with E-state index in [2.05, 4.69) is 15.5 Å². The monoisotopic (exact) mass is 240 g/mol. The van der Waals surface area contributed by atoms with Gasteiger partial charge < -0.3 is 19.5 Å². The van der Waals surface area contributed by atoms with E-state index in [9.17, 15) is 0 Å². The number of nitrogens with zero attached hydrogens (tertiary/aromatic N) is 3. The lowest BCUT2D eigenvalue weighted by Gasteiger charge is -2.21. The van der Waals surface area contributed by atoms with Gasteiger partial charge in [-0.3, -0.25) is 0 Å². The van der Waals surface area contributed by atoms with Crippen LogP contribution in [0.25, 0.3) is 0 Å². The van der Waals surface area contributed by atoms with Gasteiger partial charge >= 0.3 is 0 Å². The molecule has 0 amide bonds. The molecule has 1 N–H and O–H groups in total. The maximum atomic E-state index is 5.74. The van der Waals surface area contributed by atoms with Crippen LogP contribution >= 0.6 is 0 Å². The third-order valence-corrected chi connectivity index (χ3v) is 2.70. The first-order valence-electron chi connectivity index (χ1n) is 6.02. The molecule has 1 aliphatic rings. The van der Waals surface area contributed by atoms with E-state index in [1.54, 1.807) is 0 Å². The fourth-order valence-corrected chi connectivity index (χ4v) is 1.85. The molecule has 0 aliphatic carbocycles. The largest absolute Gasteiger partial charge is 0.368 e. The lowest BCUT2D eigenvalue weighted by Crippen LogP contribution is -2.32. The van der Waals surface area contributed by atoms with Crippen molar-refractivity contribution in [3.63, 3.8) is 0 Å². The van der Waals surface area contributed by atoms with Gasteiger partial charge in [-0.15, -0.1) is 0 Å². The van der Waals surface area contributed by atoms with Crippen LogP contribution < -0.4 is 5.32 Å². The highest BCUT2D eigenvalue weighted by molar-refractivity contribution is 4.84. The van der Waals surface area contributed by atoms with Crippen LogP contribution in [0.5, 0.6) is 0 Å². The number of piperidine rings is 1. The van der Waals surface area contributed by atoms with Crippen molar-refractivity contribution in [1.82, 2.24) is 20.4 Å². The van der Waals surface area contributed by atoms with Crippen LogP contribution in [0.4, 0.5) is 0 Å². The summed E-state index contributed by atoms with van der Waals surface area (Å²) in [6.07, 6.45) is 2.43. The van der Waals surface area contributed by atoms with Crippen LogP contribution in [0.2, 0.25) is 0 Å². The van der Waals surface area contributed by atoms with E-state index in [-0.39, 0.29) is 0 Å². The van der Waals surface area contributed by atoms with E-state index in [1.165, 1.54) is 0 Å². The quantitative estimate of drug-likeness (QED) is 0.803. The Bertz CT molecular complexity index is 334.